The monoisotopic (exact) mass is 425 g/mol. The predicted octanol–water partition coefficient (Wildman–Crippen LogP) is 6.14. The summed E-state index contributed by atoms with van der Waals surface area (Å²) in [6.45, 7) is 0. The molecule has 1 aromatic heterocycles. The molecule has 2 heteroatoms. The summed E-state index contributed by atoms with van der Waals surface area (Å²) in [4.78, 5) is 6.34. The van der Waals surface area contributed by atoms with Crippen LogP contribution in [0.4, 0.5) is 0 Å². The van der Waals surface area contributed by atoms with E-state index in [0.29, 0.717) is 0 Å². The van der Waals surface area contributed by atoms with Crippen molar-refractivity contribution < 1.29 is 0 Å². The third kappa shape index (κ3) is 2.81. The Morgan fingerprint density at radius 2 is 1.35 bits per heavy atom. The van der Waals surface area contributed by atoms with E-state index in [4.69, 9.17) is 0 Å². The first kappa shape index (κ1) is 16.5. The van der Waals surface area contributed by atoms with Gasteiger partial charge in [-0.2, -0.15) is 0 Å². The average molecular weight is 424 g/mol. The average Bonchev–Trinajstić information content (AvgIpc) is 2.89. The Morgan fingerprint density at radius 3 is 2.09 bits per heavy atom. The molecule has 4 rings (SSSR count). The molecule has 1 atom stereocenters. The van der Waals surface area contributed by atoms with Crippen molar-refractivity contribution in [2.75, 3.05) is 0 Å². The molecule has 1 heterocycles. The summed E-state index contributed by atoms with van der Waals surface area (Å²) >= 11 is -1.32. The van der Waals surface area contributed by atoms with Gasteiger partial charge >= 0.3 is 142 Å². The van der Waals surface area contributed by atoms with Crippen molar-refractivity contribution in [2.45, 2.75) is 9.88 Å². The first-order valence-electron chi connectivity index (χ1n) is 7.59. The molecule has 0 amide bonds. The van der Waals surface area contributed by atoms with Gasteiger partial charge in [0.05, 0.1) is 0 Å². The van der Waals surface area contributed by atoms with Crippen LogP contribution in [0.25, 0.3) is 25.1 Å². The number of hydrogen-bond donors (Lipinski definition) is 0. The maximum absolute atomic E-state index is 2.48. The molecule has 0 saturated heterocycles. The van der Waals surface area contributed by atoms with Gasteiger partial charge in [0.15, 0.2) is 0 Å². The Hall–Kier alpha value is -1.32. The van der Waals surface area contributed by atoms with Gasteiger partial charge in [-0.3, -0.25) is 0 Å². The Bertz CT molecular complexity index is 952. The van der Waals surface area contributed by atoms with E-state index >= 15 is 0 Å². The first-order chi connectivity index (χ1) is 10.8. The molecule has 0 N–H and O–H groups in total. The third-order valence-electron chi connectivity index (χ3n) is 4.15. The second kappa shape index (κ2) is 6.66. The molecule has 0 nitrogen and oxygen atoms in total. The summed E-state index contributed by atoms with van der Waals surface area (Å²) in [6, 6.07) is 27.2. The second-order valence-corrected chi connectivity index (χ2v) is 15.1. The number of rotatable bonds is 2. The van der Waals surface area contributed by atoms with Gasteiger partial charge in [-0.1, -0.05) is 0 Å². The van der Waals surface area contributed by atoms with Crippen LogP contribution in [-0.2, 0) is 0 Å². The van der Waals surface area contributed by atoms with E-state index in [2.05, 4.69) is 82.7 Å². The molecule has 1 unspecified atom stereocenters. The van der Waals surface area contributed by atoms with Crippen molar-refractivity contribution in [3.05, 3.63) is 80.2 Å². The second-order valence-electron chi connectivity index (χ2n) is 5.83. The van der Waals surface area contributed by atoms with Crippen LogP contribution < -0.4 is 3.58 Å². The minimum absolute atomic E-state index is 0. The van der Waals surface area contributed by atoms with Crippen molar-refractivity contribution in [1.29, 1.82) is 0 Å². The normalized spacial score (nSPS) is 11.9. The standard InChI is InChI=1S/C18H12S.3CH3.Sn/c1-2-8-14(9-3-1)19-17-12-6-4-10-15(17)16-11-5-7-13-18(16)19;;;;/h1-4,6-13H;3*1H3;/q+1;;;-1;. The van der Waals surface area contributed by atoms with Crippen molar-refractivity contribution in [3.63, 3.8) is 0 Å². The van der Waals surface area contributed by atoms with E-state index in [-0.39, 0.29) is 17.9 Å². The molecule has 0 aliphatic rings. The predicted molar refractivity (Wildman–Crippen MR) is 109 cm³/mol. The third-order valence-corrected chi connectivity index (χ3v) is 10.7. The van der Waals surface area contributed by atoms with Gasteiger partial charge in [-0.05, 0) is 0 Å². The molecule has 4 aromatic rings. The van der Waals surface area contributed by atoms with Gasteiger partial charge in [0.25, 0.3) is 0 Å². The van der Waals surface area contributed by atoms with Crippen LogP contribution in [0.3, 0.4) is 0 Å². The Labute approximate surface area is 148 Å². The van der Waals surface area contributed by atoms with E-state index in [0.717, 1.165) is 0 Å². The van der Waals surface area contributed by atoms with Gasteiger partial charge in [-0.25, -0.2) is 0 Å². The topological polar surface area (TPSA) is 0 Å². The molecule has 0 bridgehead atoms. The van der Waals surface area contributed by atoms with Crippen LogP contribution in [0.15, 0.2) is 72.8 Å². The molecular formula is C21H21SSn. The zero-order valence-electron chi connectivity index (χ0n) is 13.8. The zero-order chi connectivity index (χ0) is 15.1. The van der Waals surface area contributed by atoms with Crippen molar-refractivity contribution in [2.24, 2.45) is 0 Å². The SMILES string of the molecule is [CH3-].[CH3][Sn]([CH3])[c]1ccc2c(c1)c1ccccc1[s+]2-c1ccccc1. The van der Waals surface area contributed by atoms with Crippen molar-refractivity contribution in [3.8, 4) is 4.90 Å². The van der Waals surface area contributed by atoms with E-state index < -0.39 is 19.8 Å². The summed E-state index contributed by atoms with van der Waals surface area (Å²) < 4.78 is 4.61. The molecule has 0 aliphatic heterocycles. The van der Waals surface area contributed by atoms with Crippen LogP contribution in [0.2, 0.25) is 9.88 Å². The number of benzene rings is 3. The van der Waals surface area contributed by atoms with E-state index in [1.807, 2.05) is 0 Å². The zero-order valence-corrected chi connectivity index (χ0v) is 17.5. The van der Waals surface area contributed by atoms with Gasteiger partial charge in [0, 0.05) is 0 Å². The van der Waals surface area contributed by atoms with Gasteiger partial charge in [-0.15, -0.1) is 0 Å². The van der Waals surface area contributed by atoms with Crippen molar-refractivity contribution >= 4 is 54.0 Å². The van der Waals surface area contributed by atoms with Gasteiger partial charge < -0.3 is 7.43 Å². The van der Waals surface area contributed by atoms with Gasteiger partial charge in [0.2, 0.25) is 0 Å². The summed E-state index contributed by atoms with van der Waals surface area (Å²) in [6.07, 6.45) is 0. The summed E-state index contributed by atoms with van der Waals surface area (Å²) in [7, 11) is 0.0598. The molecular weight excluding hydrogens is 403 g/mol. The molecule has 115 valence electrons. The van der Waals surface area contributed by atoms with E-state index in [1.165, 1.54) is 25.1 Å². The first-order valence-corrected chi connectivity index (χ1v) is 15.9. The fraction of sp³-hybridized carbons (Fsp3) is 0.0952. The Kier molecular flexibility index (Phi) is 4.79. The van der Waals surface area contributed by atoms with Gasteiger partial charge in [0.1, 0.15) is 0 Å². The summed E-state index contributed by atoms with van der Waals surface area (Å²) in [5.41, 5.74) is 0. The fourth-order valence-corrected chi connectivity index (χ4v) is 7.83. The van der Waals surface area contributed by atoms with Crippen LogP contribution in [0.5, 0.6) is 0 Å². The minimum atomic E-state index is -1.32. The number of thiophene rings is 1. The number of hydrogen-bond acceptors (Lipinski definition) is 0. The molecule has 0 aliphatic carbocycles. The van der Waals surface area contributed by atoms with Crippen LogP contribution in [0, 0.1) is 7.43 Å². The Morgan fingerprint density at radius 1 is 0.696 bits per heavy atom. The van der Waals surface area contributed by atoms with Crippen LogP contribution in [-0.4, -0.2) is 19.8 Å². The van der Waals surface area contributed by atoms with Crippen molar-refractivity contribution in [1.82, 2.24) is 0 Å². The Balaban J connectivity index is 0.00000156. The quantitative estimate of drug-likeness (QED) is 0.206. The van der Waals surface area contributed by atoms with Crippen LogP contribution in [0.1, 0.15) is 0 Å². The van der Waals surface area contributed by atoms with E-state index in [1.54, 1.807) is 3.58 Å². The molecule has 0 fully saturated rings. The summed E-state index contributed by atoms with van der Waals surface area (Å²) in [5.74, 6) is 0. The molecule has 0 saturated carbocycles. The molecule has 1 radical (unpaired) electrons. The molecule has 3 aromatic carbocycles. The number of fused-ring (bicyclic) bond motifs is 3. The molecule has 23 heavy (non-hydrogen) atoms. The summed E-state index contributed by atoms with van der Waals surface area (Å²) in [5, 5.41) is 2.92. The fourth-order valence-electron chi connectivity index (χ4n) is 3.03. The molecule has 0 spiro atoms. The van der Waals surface area contributed by atoms with Crippen LogP contribution >= 0.6 is 10.5 Å². The maximum atomic E-state index is 2.48. The van der Waals surface area contributed by atoms with E-state index in [9.17, 15) is 0 Å².